The van der Waals surface area contributed by atoms with Crippen LogP contribution < -0.4 is 10.2 Å². The zero-order valence-corrected chi connectivity index (χ0v) is 16.6. The second-order valence-electron chi connectivity index (χ2n) is 7.41. The SMILES string of the molecule is Cc1cc(N2CCC(Nc3ccc(F)cc3)CC2)nc(-c2cccc([N+](=O)[O-])c2)n1. The number of hydrogen-bond donors (Lipinski definition) is 1. The quantitative estimate of drug-likeness (QED) is 0.492. The number of hydrogen-bond acceptors (Lipinski definition) is 6. The number of benzene rings is 2. The van der Waals surface area contributed by atoms with Crippen molar-refractivity contribution in [3.8, 4) is 11.4 Å². The molecule has 0 amide bonds. The van der Waals surface area contributed by atoms with Crippen molar-refractivity contribution in [3.63, 3.8) is 0 Å². The van der Waals surface area contributed by atoms with Crippen LogP contribution in [-0.4, -0.2) is 34.0 Å². The molecule has 4 rings (SSSR count). The number of rotatable bonds is 5. The van der Waals surface area contributed by atoms with E-state index in [-0.39, 0.29) is 11.5 Å². The molecule has 1 aliphatic heterocycles. The number of nitro benzene ring substituents is 1. The Morgan fingerprint density at radius 1 is 1.10 bits per heavy atom. The van der Waals surface area contributed by atoms with Gasteiger partial charge >= 0.3 is 0 Å². The lowest BCUT2D eigenvalue weighted by Gasteiger charge is -2.33. The maximum atomic E-state index is 13.1. The molecule has 0 radical (unpaired) electrons. The van der Waals surface area contributed by atoms with E-state index in [0.717, 1.165) is 43.1 Å². The first kappa shape index (κ1) is 19.8. The van der Waals surface area contributed by atoms with E-state index in [1.807, 2.05) is 13.0 Å². The van der Waals surface area contributed by atoms with E-state index in [0.29, 0.717) is 17.4 Å². The van der Waals surface area contributed by atoms with Crippen LogP contribution in [0.15, 0.2) is 54.6 Å². The van der Waals surface area contributed by atoms with Gasteiger partial charge in [-0.05, 0) is 44.0 Å². The fraction of sp³-hybridized carbons (Fsp3) is 0.273. The van der Waals surface area contributed by atoms with Crippen LogP contribution in [0.4, 0.5) is 21.6 Å². The Bertz CT molecular complexity index is 1050. The molecule has 0 saturated carbocycles. The van der Waals surface area contributed by atoms with Gasteiger partial charge in [0.1, 0.15) is 11.6 Å². The molecule has 0 aliphatic carbocycles. The second-order valence-corrected chi connectivity index (χ2v) is 7.41. The van der Waals surface area contributed by atoms with Crippen molar-refractivity contribution in [2.75, 3.05) is 23.3 Å². The minimum Gasteiger partial charge on any atom is -0.382 e. The number of halogens is 1. The lowest BCUT2D eigenvalue weighted by atomic mass is 10.0. The molecule has 30 heavy (non-hydrogen) atoms. The lowest BCUT2D eigenvalue weighted by Crippen LogP contribution is -2.39. The molecule has 1 aliphatic rings. The Kier molecular flexibility index (Phi) is 5.56. The minimum atomic E-state index is -0.418. The van der Waals surface area contributed by atoms with Crippen LogP contribution in [0, 0.1) is 22.9 Å². The van der Waals surface area contributed by atoms with E-state index in [1.54, 1.807) is 24.3 Å². The van der Waals surface area contributed by atoms with E-state index >= 15 is 0 Å². The summed E-state index contributed by atoms with van der Waals surface area (Å²) in [5, 5.41) is 14.5. The van der Waals surface area contributed by atoms with Crippen LogP contribution in [0.3, 0.4) is 0 Å². The molecule has 3 aromatic rings. The third-order valence-electron chi connectivity index (χ3n) is 5.19. The smallest absolute Gasteiger partial charge is 0.270 e. The van der Waals surface area contributed by atoms with E-state index in [2.05, 4.69) is 20.2 Å². The van der Waals surface area contributed by atoms with Crippen LogP contribution in [0.5, 0.6) is 0 Å². The van der Waals surface area contributed by atoms with Gasteiger partial charge in [0.15, 0.2) is 5.82 Å². The summed E-state index contributed by atoms with van der Waals surface area (Å²) in [6.07, 6.45) is 1.85. The molecule has 154 valence electrons. The summed E-state index contributed by atoms with van der Waals surface area (Å²) >= 11 is 0. The molecule has 2 heterocycles. The van der Waals surface area contributed by atoms with Gasteiger partial charge in [0, 0.05) is 54.3 Å². The van der Waals surface area contributed by atoms with E-state index < -0.39 is 4.92 Å². The topological polar surface area (TPSA) is 84.2 Å². The highest BCUT2D eigenvalue weighted by atomic mass is 19.1. The van der Waals surface area contributed by atoms with Crippen LogP contribution in [0.2, 0.25) is 0 Å². The fourth-order valence-corrected chi connectivity index (χ4v) is 3.64. The second kappa shape index (κ2) is 8.44. The van der Waals surface area contributed by atoms with Gasteiger partial charge in [-0.25, -0.2) is 14.4 Å². The molecule has 1 saturated heterocycles. The molecule has 7 nitrogen and oxygen atoms in total. The molecule has 0 atom stereocenters. The Hall–Kier alpha value is -3.55. The summed E-state index contributed by atoms with van der Waals surface area (Å²) < 4.78 is 13.1. The van der Waals surface area contributed by atoms with Crippen LogP contribution in [0.1, 0.15) is 18.5 Å². The average Bonchev–Trinajstić information content (AvgIpc) is 2.75. The Labute approximate surface area is 173 Å². The van der Waals surface area contributed by atoms with Gasteiger partial charge in [-0.1, -0.05) is 12.1 Å². The van der Waals surface area contributed by atoms with E-state index in [9.17, 15) is 14.5 Å². The molecule has 8 heteroatoms. The summed E-state index contributed by atoms with van der Waals surface area (Å²) in [4.78, 5) is 22.0. The summed E-state index contributed by atoms with van der Waals surface area (Å²) in [5.41, 5.74) is 2.38. The van der Waals surface area contributed by atoms with Crippen molar-refractivity contribution in [1.82, 2.24) is 9.97 Å². The number of aromatic nitrogens is 2. The van der Waals surface area contributed by atoms with Crippen LogP contribution >= 0.6 is 0 Å². The molecule has 0 bridgehead atoms. The number of nitrogens with zero attached hydrogens (tertiary/aromatic N) is 4. The Morgan fingerprint density at radius 2 is 1.83 bits per heavy atom. The van der Waals surface area contributed by atoms with Gasteiger partial charge in [-0.2, -0.15) is 0 Å². The number of non-ortho nitro benzene ring substituents is 1. The molecular weight excluding hydrogens is 385 g/mol. The first-order chi connectivity index (χ1) is 14.5. The van der Waals surface area contributed by atoms with Gasteiger partial charge in [-0.15, -0.1) is 0 Å². The highest BCUT2D eigenvalue weighted by Gasteiger charge is 2.21. The molecular formula is C22H22FN5O2. The number of nitro groups is 1. The van der Waals surface area contributed by atoms with Gasteiger partial charge in [0.25, 0.3) is 5.69 Å². The summed E-state index contributed by atoms with van der Waals surface area (Å²) in [6.45, 7) is 3.54. The number of aryl methyl sites for hydroxylation is 1. The van der Waals surface area contributed by atoms with Crippen molar-refractivity contribution in [3.05, 3.63) is 76.2 Å². The van der Waals surface area contributed by atoms with Gasteiger partial charge in [-0.3, -0.25) is 10.1 Å². The first-order valence-electron chi connectivity index (χ1n) is 9.85. The molecule has 0 unspecified atom stereocenters. The van der Waals surface area contributed by atoms with Crippen molar-refractivity contribution < 1.29 is 9.31 Å². The third-order valence-corrected chi connectivity index (χ3v) is 5.19. The molecule has 1 fully saturated rings. The highest BCUT2D eigenvalue weighted by Crippen LogP contribution is 2.26. The summed E-state index contributed by atoms with van der Waals surface area (Å²) in [7, 11) is 0. The van der Waals surface area contributed by atoms with Crippen molar-refractivity contribution in [2.24, 2.45) is 0 Å². The zero-order chi connectivity index (χ0) is 21.1. The zero-order valence-electron chi connectivity index (χ0n) is 16.6. The normalized spacial score (nSPS) is 14.5. The number of piperidine rings is 1. The van der Waals surface area contributed by atoms with Gasteiger partial charge < -0.3 is 10.2 Å². The van der Waals surface area contributed by atoms with Crippen LogP contribution in [0.25, 0.3) is 11.4 Å². The van der Waals surface area contributed by atoms with Crippen molar-refractivity contribution in [2.45, 2.75) is 25.8 Å². The van der Waals surface area contributed by atoms with E-state index in [4.69, 9.17) is 0 Å². The molecule has 1 aromatic heterocycles. The maximum absolute atomic E-state index is 13.1. The molecule has 2 aromatic carbocycles. The van der Waals surface area contributed by atoms with Gasteiger partial charge in [0.05, 0.1) is 4.92 Å². The van der Waals surface area contributed by atoms with Crippen LogP contribution in [-0.2, 0) is 0 Å². The summed E-state index contributed by atoms with van der Waals surface area (Å²) in [5.74, 6) is 1.07. The molecule has 1 N–H and O–H groups in total. The Balaban J connectivity index is 1.47. The number of nitrogens with one attached hydrogen (secondary N) is 1. The predicted molar refractivity (Wildman–Crippen MR) is 114 cm³/mol. The number of anilines is 2. The van der Waals surface area contributed by atoms with Crippen molar-refractivity contribution in [1.29, 1.82) is 0 Å². The highest BCUT2D eigenvalue weighted by molar-refractivity contribution is 5.61. The molecule has 0 spiro atoms. The van der Waals surface area contributed by atoms with E-state index in [1.165, 1.54) is 24.3 Å². The fourth-order valence-electron chi connectivity index (χ4n) is 3.64. The predicted octanol–water partition coefficient (Wildman–Crippen LogP) is 4.58. The van der Waals surface area contributed by atoms with Crippen molar-refractivity contribution >= 4 is 17.2 Å². The summed E-state index contributed by atoms with van der Waals surface area (Å²) in [6, 6.07) is 15.0. The third kappa shape index (κ3) is 4.53. The minimum absolute atomic E-state index is 0.0202. The Morgan fingerprint density at radius 3 is 2.53 bits per heavy atom. The first-order valence-corrected chi connectivity index (χ1v) is 9.85. The van der Waals surface area contributed by atoms with Gasteiger partial charge in [0.2, 0.25) is 0 Å². The lowest BCUT2D eigenvalue weighted by molar-refractivity contribution is -0.384. The largest absolute Gasteiger partial charge is 0.382 e. The monoisotopic (exact) mass is 407 g/mol. The standard InChI is InChI=1S/C22H22FN5O2/c1-15-13-21(26-22(24-15)16-3-2-4-20(14-16)28(29)30)27-11-9-19(10-12-27)25-18-7-5-17(23)6-8-18/h2-8,13-14,19,25H,9-12H2,1H3. The average molecular weight is 407 g/mol. The maximum Gasteiger partial charge on any atom is 0.270 e.